The molecular formula is C13H24Cl2O2Si. The molecule has 18 heavy (non-hydrogen) atoms. The van der Waals surface area contributed by atoms with Gasteiger partial charge in [0, 0.05) is 5.57 Å². The van der Waals surface area contributed by atoms with Gasteiger partial charge in [-0.1, -0.05) is 44.7 Å². The van der Waals surface area contributed by atoms with Gasteiger partial charge in [0.15, 0.2) is 0 Å². The molecule has 0 heterocycles. The van der Waals surface area contributed by atoms with Crippen molar-refractivity contribution in [2.45, 2.75) is 56.0 Å². The minimum absolute atomic E-state index is 0.0759. The third-order valence-electron chi connectivity index (χ3n) is 2.65. The molecule has 0 aromatic rings. The van der Waals surface area contributed by atoms with Gasteiger partial charge in [0.2, 0.25) is 0 Å². The van der Waals surface area contributed by atoms with Crippen molar-refractivity contribution < 1.29 is 9.53 Å². The molecule has 5 heteroatoms. The molecule has 106 valence electrons. The Kier molecular flexibility index (Phi) is 12.1. The number of unbranched alkanes of at least 4 members (excludes halogenated alkanes) is 5. The smallest absolute Gasteiger partial charge is 0.333 e. The molecule has 0 N–H and O–H groups in total. The molecule has 0 aliphatic rings. The van der Waals surface area contributed by atoms with E-state index in [1.165, 1.54) is 31.7 Å². The standard InChI is InChI=1S/C13H24Cl2O2Si/c1-11(2)12(16)17-9-7-5-3-4-6-8-10-18-13(14)15/h13H,1,3-10,18H2,2H3. The lowest BCUT2D eigenvalue weighted by molar-refractivity contribution is -0.139. The first-order valence-electron chi connectivity index (χ1n) is 6.65. The zero-order chi connectivity index (χ0) is 13.8. The van der Waals surface area contributed by atoms with E-state index in [-0.39, 0.29) is 19.9 Å². The van der Waals surface area contributed by atoms with Crippen LogP contribution in [0.15, 0.2) is 12.2 Å². The maximum absolute atomic E-state index is 11.1. The topological polar surface area (TPSA) is 26.3 Å². The molecule has 0 aliphatic carbocycles. The van der Waals surface area contributed by atoms with Crippen LogP contribution < -0.4 is 0 Å². The van der Waals surface area contributed by atoms with E-state index in [0.29, 0.717) is 12.2 Å². The second-order valence-electron chi connectivity index (χ2n) is 4.57. The molecule has 0 radical (unpaired) electrons. The Morgan fingerprint density at radius 3 is 2.28 bits per heavy atom. The van der Waals surface area contributed by atoms with Crippen molar-refractivity contribution in [3.63, 3.8) is 0 Å². The van der Waals surface area contributed by atoms with Crippen LogP contribution in [0.1, 0.15) is 45.4 Å². The summed E-state index contributed by atoms with van der Waals surface area (Å²) in [6.45, 7) is 5.71. The predicted octanol–water partition coefficient (Wildman–Crippen LogP) is 3.79. The van der Waals surface area contributed by atoms with Crippen molar-refractivity contribution in [1.82, 2.24) is 0 Å². The summed E-state index contributed by atoms with van der Waals surface area (Å²) in [5.41, 5.74) is 0.469. The van der Waals surface area contributed by atoms with Crippen molar-refractivity contribution in [2.24, 2.45) is 0 Å². The molecule has 0 fully saturated rings. The lowest BCUT2D eigenvalue weighted by atomic mass is 10.1. The first-order chi connectivity index (χ1) is 8.54. The number of rotatable bonds is 11. The quantitative estimate of drug-likeness (QED) is 0.191. The lowest BCUT2D eigenvalue weighted by Gasteiger charge is -2.04. The fourth-order valence-electron chi connectivity index (χ4n) is 1.57. The predicted molar refractivity (Wildman–Crippen MR) is 82.3 cm³/mol. The molecule has 0 atom stereocenters. The fraction of sp³-hybridized carbons (Fsp3) is 0.769. The number of hydrogen-bond donors (Lipinski definition) is 0. The molecule has 0 unspecified atom stereocenters. The van der Waals surface area contributed by atoms with Crippen molar-refractivity contribution in [1.29, 1.82) is 0 Å². The van der Waals surface area contributed by atoms with E-state index in [9.17, 15) is 4.79 Å². The highest BCUT2D eigenvalue weighted by Crippen LogP contribution is 2.10. The Hall–Kier alpha value is 0.00688. The summed E-state index contributed by atoms with van der Waals surface area (Å²) in [6, 6.07) is 1.24. The van der Waals surface area contributed by atoms with E-state index >= 15 is 0 Å². The van der Waals surface area contributed by atoms with E-state index in [1.807, 2.05) is 0 Å². The Bertz CT molecular complexity index is 245. The Labute approximate surface area is 123 Å². The van der Waals surface area contributed by atoms with Crippen LogP contribution >= 0.6 is 23.2 Å². The Morgan fingerprint density at radius 2 is 1.72 bits per heavy atom. The first kappa shape index (κ1) is 18.0. The van der Waals surface area contributed by atoms with Crippen LogP contribution in [0.3, 0.4) is 0 Å². The van der Waals surface area contributed by atoms with Crippen LogP contribution in [-0.2, 0) is 9.53 Å². The Balaban J connectivity index is 3.12. The van der Waals surface area contributed by atoms with Gasteiger partial charge in [-0.15, -0.1) is 23.2 Å². The molecule has 0 bridgehead atoms. The SMILES string of the molecule is C=C(C)C(=O)OCCCCCCCC[SiH2]C(Cl)Cl. The van der Waals surface area contributed by atoms with Gasteiger partial charge in [-0.2, -0.15) is 0 Å². The monoisotopic (exact) mass is 310 g/mol. The summed E-state index contributed by atoms with van der Waals surface area (Å²) in [6.07, 6.45) is 7.04. The highest BCUT2D eigenvalue weighted by atomic mass is 35.5. The molecule has 2 nitrogen and oxygen atoms in total. The largest absolute Gasteiger partial charge is 0.462 e. The number of hydrogen-bond acceptors (Lipinski definition) is 2. The van der Waals surface area contributed by atoms with Gasteiger partial charge in [-0.25, -0.2) is 4.79 Å². The second kappa shape index (κ2) is 12.1. The number of ether oxygens (including phenoxy) is 1. The van der Waals surface area contributed by atoms with E-state index in [0.717, 1.165) is 12.8 Å². The maximum atomic E-state index is 11.1. The molecule has 0 amide bonds. The summed E-state index contributed by atoms with van der Waals surface area (Å²) < 4.78 is 4.94. The number of esters is 1. The summed E-state index contributed by atoms with van der Waals surface area (Å²) in [5, 5.41) is 0. The van der Waals surface area contributed by atoms with Crippen molar-refractivity contribution in [2.75, 3.05) is 6.61 Å². The minimum Gasteiger partial charge on any atom is -0.462 e. The third-order valence-corrected chi connectivity index (χ3v) is 5.30. The summed E-state index contributed by atoms with van der Waals surface area (Å²) in [5.74, 6) is -0.281. The van der Waals surface area contributed by atoms with Gasteiger partial charge >= 0.3 is 5.97 Å². The number of carbonyl (C=O) groups is 1. The molecule has 0 spiro atoms. The van der Waals surface area contributed by atoms with Crippen molar-refractivity contribution in [3.8, 4) is 0 Å². The van der Waals surface area contributed by atoms with E-state index in [1.54, 1.807) is 6.92 Å². The average molecular weight is 311 g/mol. The number of carbonyl (C=O) groups excluding carboxylic acids is 1. The van der Waals surface area contributed by atoms with Gasteiger partial charge in [-0.05, 0) is 13.3 Å². The van der Waals surface area contributed by atoms with Crippen LogP contribution in [0.25, 0.3) is 0 Å². The first-order valence-corrected chi connectivity index (χ1v) is 9.33. The van der Waals surface area contributed by atoms with Crippen molar-refractivity contribution in [3.05, 3.63) is 12.2 Å². The zero-order valence-electron chi connectivity index (χ0n) is 11.2. The van der Waals surface area contributed by atoms with Crippen LogP contribution in [0, 0.1) is 0 Å². The van der Waals surface area contributed by atoms with Gasteiger partial charge in [0.05, 0.1) is 20.6 Å². The Morgan fingerprint density at radius 1 is 1.17 bits per heavy atom. The van der Waals surface area contributed by atoms with Crippen LogP contribution in [-0.4, -0.2) is 26.6 Å². The molecular weight excluding hydrogens is 287 g/mol. The van der Waals surface area contributed by atoms with Gasteiger partial charge in [-0.3, -0.25) is 0 Å². The van der Waals surface area contributed by atoms with Gasteiger partial charge in [0.1, 0.15) is 0 Å². The molecule has 0 aromatic heterocycles. The average Bonchev–Trinajstić information content (AvgIpc) is 2.30. The normalized spacial score (nSPS) is 11.3. The highest BCUT2D eigenvalue weighted by molar-refractivity contribution is 6.68. The summed E-state index contributed by atoms with van der Waals surface area (Å²) >= 11 is 11.4. The van der Waals surface area contributed by atoms with Crippen LogP contribution in [0.2, 0.25) is 6.04 Å². The molecule has 0 saturated carbocycles. The third kappa shape index (κ3) is 12.5. The zero-order valence-corrected chi connectivity index (χ0v) is 14.1. The van der Waals surface area contributed by atoms with E-state index in [4.69, 9.17) is 27.9 Å². The molecule has 0 aromatic carbocycles. The van der Waals surface area contributed by atoms with E-state index < -0.39 is 0 Å². The van der Waals surface area contributed by atoms with Gasteiger partial charge in [0.25, 0.3) is 0 Å². The molecule has 0 aliphatic heterocycles. The van der Waals surface area contributed by atoms with Gasteiger partial charge < -0.3 is 4.74 Å². The summed E-state index contributed by atoms with van der Waals surface area (Å²) in [7, 11) is -0.253. The van der Waals surface area contributed by atoms with E-state index in [2.05, 4.69) is 6.58 Å². The minimum atomic E-state index is -0.281. The number of alkyl halides is 2. The van der Waals surface area contributed by atoms with Crippen LogP contribution in [0.4, 0.5) is 0 Å². The molecule has 0 saturated heterocycles. The fourth-order valence-corrected chi connectivity index (χ4v) is 3.45. The number of halogens is 2. The molecule has 0 rings (SSSR count). The maximum Gasteiger partial charge on any atom is 0.333 e. The lowest BCUT2D eigenvalue weighted by Crippen LogP contribution is -2.06. The van der Waals surface area contributed by atoms with Crippen molar-refractivity contribution >= 4 is 38.7 Å². The van der Waals surface area contributed by atoms with Crippen LogP contribution in [0.5, 0.6) is 0 Å². The summed E-state index contributed by atoms with van der Waals surface area (Å²) in [4.78, 5) is 11.1. The highest BCUT2D eigenvalue weighted by Gasteiger charge is 2.02. The second-order valence-corrected chi connectivity index (χ2v) is 8.98.